The average Bonchev–Trinajstić information content (AvgIpc) is 2.35. The first kappa shape index (κ1) is 16.2. The number of alkyl halides is 5. The molecule has 0 saturated heterocycles. The number of amides is 1. The topological polar surface area (TPSA) is 38.3 Å². The van der Waals surface area contributed by atoms with Gasteiger partial charge in [-0.05, 0) is 30.5 Å². The summed E-state index contributed by atoms with van der Waals surface area (Å²) in [6.07, 6.45) is -9.25. The predicted octanol–water partition coefficient (Wildman–Crippen LogP) is 2.90. The monoisotopic (exact) mass is 297 g/mol. The van der Waals surface area contributed by atoms with Gasteiger partial charge in [-0.15, -0.1) is 0 Å². The highest BCUT2D eigenvalue weighted by Crippen LogP contribution is 2.37. The van der Waals surface area contributed by atoms with Crippen LogP contribution < -0.4 is 10.1 Å². The Morgan fingerprint density at radius 1 is 1.10 bits per heavy atom. The number of hydrogen-bond acceptors (Lipinski definition) is 2. The number of benzene rings is 1. The van der Waals surface area contributed by atoms with Crippen LogP contribution in [0.2, 0.25) is 0 Å². The molecule has 20 heavy (non-hydrogen) atoms. The van der Waals surface area contributed by atoms with Crippen molar-refractivity contribution < 1.29 is 31.5 Å². The van der Waals surface area contributed by atoms with Crippen LogP contribution in [0.4, 0.5) is 22.0 Å². The van der Waals surface area contributed by atoms with E-state index in [2.05, 4.69) is 10.1 Å². The van der Waals surface area contributed by atoms with Crippen LogP contribution >= 0.6 is 0 Å². The lowest BCUT2D eigenvalue weighted by Crippen LogP contribution is -2.41. The summed E-state index contributed by atoms with van der Waals surface area (Å²) in [4.78, 5) is 9.98. The van der Waals surface area contributed by atoms with E-state index in [0.29, 0.717) is 25.8 Å². The first-order chi connectivity index (χ1) is 9.26. The van der Waals surface area contributed by atoms with Crippen LogP contribution in [-0.4, -0.2) is 25.2 Å². The smallest absolute Gasteiger partial charge is 0.426 e. The number of halogens is 5. The van der Waals surface area contributed by atoms with E-state index in [1.165, 1.54) is 12.1 Å². The molecule has 0 spiro atoms. The third-order valence-corrected chi connectivity index (χ3v) is 2.37. The maximum Gasteiger partial charge on any atom is 0.499 e. The summed E-state index contributed by atoms with van der Waals surface area (Å²) in [5, 5.41) is 2.45. The van der Waals surface area contributed by atoms with Gasteiger partial charge >= 0.3 is 12.3 Å². The molecule has 8 heteroatoms. The molecule has 3 nitrogen and oxygen atoms in total. The van der Waals surface area contributed by atoms with Crippen LogP contribution in [0.1, 0.15) is 12.0 Å². The summed E-state index contributed by atoms with van der Waals surface area (Å²) in [7, 11) is 0. The minimum absolute atomic E-state index is 0.452. The van der Waals surface area contributed by atoms with Gasteiger partial charge in [-0.25, -0.2) is 0 Å². The summed E-state index contributed by atoms with van der Waals surface area (Å²) in [6.45, 7) is 0.452. The van der Waals surface area contributed by atoms with Crippen molar-refractivity contribution in [2.75, 3.05) is 6.54 Å². The van der Waals surface area contributed by atoms with Crippen LogP contribution in [0.25, 0.3) is 0 Å². The molecule has 0 atom stereocenters. The van der Waals surface area contributed by atoms with Crippen LogP contribution in [0, 0.1) is 0 Å². The van der Waals surface area contributed by atoms with E-state index in [1.807, 2.05) is 0 Å². The molecule has 0 saturated carbocycles. The molecule has 0 radical (unpaired) electrons. The lowest BCUT2D eigenvalue weighted by molar-refractivity contribution is -0.360. The molecule has 1 aromatic rings. The highest BCUT2D eigenvalue weighted by Gasteiger charge is 2.61. The van der Waals surface area contributed by atoms with Crippen molar-refractivity contribution in [1.82, 2.24) is 5.32 Å². The van der Waals surface area contributed by atoms with E-state index in [0.717, 1.165) is 17.7 Å². The van der Waals surface area contributed by atoms with Gasteiger partial charge < -0.3 is 10.1 Å². The molecule has 0 aliphatic heterocycles. The first-order valence-corrected chi connectivity index (χ1v) is 5.66. The zero-order valence-electron chi connectivity index (χ0n) is 10.2. The third-order valence-electron chi connectivity index (χ3n) is 2.37. The van der Waals surface area contributed by atoms with Crippen molar-refractivity contribution in [3.8, 4) is 5.75 Å². The quantitative estimate of drug-likeness (QED) is 0.477. The maximum atomic E-state index is 12.6. The summed E-state index contributed by atoms with van der Waals surface area (Å²) in [5.74, 6) is -0.568. The minimum Gasteiger partial charge on any atom is -0.426 e. The normalized spacial score (nSPS) is 12.1. The number of nitrogens with one attached hydrogen (secondary N) is 1. The van der Waals surface area contributed by atoms with Crippen molar-refractivity contribution in [2.24, 2.45) is 0 Å². The molecule has 1 amide bonds. The highest BCUT2D eigenvalue weighted by molar-refractivity contribution is 5.45. The van der Waals surface area contributed by atoms with Crippen molar-refractivity contribution in [1.29, 1.82) is 0 Å². The Kier molecular flexibility index (Phi) is 5.29. The summed E-state index contributed by atoms with van der Waals surface area (Å²) in [5.41, 5.74) is 0.736. The summed E-state index contributed by atoms with van der Waals surface area (Å²) >= 11 is 0. The van der Waals surface area contributed by atoms with Gasteiger partial charge in [0.1, 0.15) is 5.75 Å². The summed E-state index contributed by atoms with van der Waals surface area (Å²) in [6, 6.07) is 4.87. The fourth-order valence-electron chi connectivity index (χ4n) is 1.38. The van der Waals surface area contributed by atoms with Crippen molar-refractivity contribution in [2.45, 2.75) is 25.1 Å². The highest BCUT2D eigenvalue weighted by atomic mass is 19.4. The van der Waals surface area contributed by atoms with E-state index in [9.17, 15) is 26.7 Å². The second kappa shape index (κ2) is 6.53. The third kappa shape index (κ3) is 4.67. The SMILES string of the molecule is O=CNCCCc1ccc(OC(F)(F)C(F)(F)F)cc1. The molecule has 0 bridgehead atoms. The number of hydrogen-bond donors (Lipinski definition) is 1. The lowest BCUT2D eigenvalue weighted by atomic mass is 10.1. The Hall–Kier alpha value is -1.86. The van der Waals surface area contributed by atoms with E-state index in [1.54, 1.807) is 0 Å². The van der Waals surface area contributed by atoms with E-state index in [-0.39, 0.29) is 0 Å². The fraction of sp³-hybridized carbons (Fsp3) is 0.417. The first-order valence-electron chi connectivity index (χ1n) is 5.66. The molecular formula is C12H12F5NO2. The molecule has 1 aromatic carbocycles. The fourth-order valence-corrected chi connectivity index (χ4v) is 1.38. The van der Waals surface area contributed by atoms with Gasteiger partial charge in [0.2, 0.25) is 6.41 Å². The van der Waals surface area contributed by atoms with E-state index in [4.69, 9.17) is 0 Å². The molecular weight excluding hydrogens is 285 g/mol. The zero-order chi connectivity index (χ0) is 15.2. The standard InChI is InChI=1S/C12H12F5NO2/c13-11(14,15)12(16,17)20-10-5-3-9(4-6-10)2-1-7-18-8-19/h3-6,8H,1-2,7H2,(H,18,19). The molecule has 1 rings (SSSR count). The Balaban J connectivity index is 2.56. The Morgan fingerprint density at radius 2 is 1.70 bits per heavy atom. The van der Waals surface area contributed by atoms with Gasteiger partial charge in [-0.3, -0.25) is 4.79 Å². The Morgan fingerprint density at radius 3 is 2.20 bits per heavy atom. The van der Waals surface area contributed by atoms with Crippen LogP contribution in [0.5, 0.6) is 5.75 Å². The minimum atomic E-state index is -5.76. The van der Waals surface area contributed by atoms with Gasteiger partial charge in [0.25, 0.3) is 0 Å². The van der Waals surface area contributed by atoms with Crippen molar-refractivity contribution >= 4 is 6.41 Å². The van der Waals surface area contributed by atoms with Crippen LogP contribution in [0.3, 0.4) is 0 Å². The van der Waals surface area contributed by atoms with Gasteiger partial charge in [0.05, 0.1) is 0 Å². The Bertz CT molecular complexity index is 430. The second-order valence-electron chi connectivity index (χ2n) is 3.94. The molecule has 0 aromatic heterocycles. The van der Waals surface area contributed by atoms with E-state index >= 15 is 0 Å². The molecule has 0 fully saturated rings. The molecule has 0 aliphatic carbocycles. The molecule has 0 heterocycles. The number of carbonyl (C=O) groups is 1. The second-order valence-corrected chi connectivity index (χ2v) is 3.94. The van der Waals surface area contributed by atoms with Crippen LogP contribution in [-0.2, 0) is 11.2 Å². The number of aryl methyl sites for hydroxylation is 1. The molecule has 0 unspecified atom stereocenters. The molecule has 0 aliphatic rings. The van der Waals surface area contributed by atoms with Crippen molar-refractivity contribution in [3.05, 3.63) is 29.8 Å². The largest absolute Gasteiger partial charge is 0.499 e. The van der Waals surface area contributed by atoms with E-state index < -0.39 is 18.0 Å². The van der Waals surface area contributed by atoms with Gasteiger partial charge in [0, 0.05) is 6.54 Å². The van der Waals surface area contributed by atoms with Gasteiger partial charge in [-0.1, -0.05) is 12.1 Å². The number of carbonyl (C=O) groups excluding carboxylic acids is 1. The van der Waals surface area contributed by atoms with Gasteiger partial charge in [-0.2, -0.15) is 22.0 Å². The molecule has 112 valence electrons. The average molecular weight is 297 g/mol. The predicted molar refractivity (Wildman–Crippen MR) is 60.5 cm³/mol. The maximum absolute atomic E-state index is 12.6. The number of rotatable bonds is 7. The van der Waals surface area contributed by atoms with Gasteiger partial charge in [0.15, 0.2) is 0 Å². The lowest BCUT2D eigenvalue weighted by Gasteiger charge is -2.20. The number of ether oxygens (including phenoxy) is 1. The summed E-state index contributed by atoms with van der Waals surface area (Å²) < 4.78 is 64.7. The zero-order valence-corrected chi connectivity index (χ0v) is 10.2. The van der Waals surface area contributed by atoms with Crippen molar-refractivity contribution in [3.63, 3.8) is 0 Å². The molecule has 1 N–H and O–H groups in total. The van der Waals surface area contributed by atoms with Crippen LogP contribution in [0.15, 0.2) is 24.3 Å². The Labute approximate surface area is 111 Å².